The van der Waals surface area contributed by atoms with E-state index in [1.807, 2.05) is 24.3 Å². The average Bonchev–Trinajstić information content (AvgIpc) is 2.58. The minimum Gasteiger partial charge on any atom is -0.324 e. The van der Waals surface area contributed by atoms with Crippen molar-refractivity contribution in [3.05, 3.63) is 57.8 Å². The molecule has 1 amide bonds. The van der Waals surface area contributed by atoms with Crippen molar-refractivity contribution < 1.29 is 4.79 Å². The number of para-hydroxylation sites is 1. The lowest BCUT2D eigenvalue weighted by Gasteiger charge is -2.09. The average molecular weight is 399 g/mol. The number of carbonyl (C=O) groups excluding carboxylic acids is 1. The molecule has 0 unspecified atom stereocenters. The Hall–Kier alpha value is -1.53. The van der Waals surface area contributed by atoms with Gasteiger partial charge < -0.3 is 5.32 Å². The van der Waals surface area contributed by atoms with Crippen molar-refractivity contribution in [3.63, 3.8) is 0 Å². The Labute approximate surface area is 157 Å². The Morgan fingerprint density at radius 2 is 1.79 bits per heavy atom. The molecule has 2 aromatic carbocycles. The van der Waals surface area contributed by atoms with Crippen LogP contribution in [0.15, 0.2) is 47.8 Å². The largest absolute Gasteiger partial charge is 0.324 e. The Kier molecular flexibility index (Phi) is 5.46. The number of hydrogen-bond donors (Lipinski definition) is 1. The molecule has 0 radical (unpaired) electrons. The summed E-state index contributed by atoms with van der Waals surface area (Å²) in [5.41, 5.74) is 1.26. The maximum absolute atomic E-state index is 12.2. The molecule has 0 aliphatic heterocycles. The van der Waals surface area contributed by atoms with Gasteiger partial charge in [0, 0.05) is 5.39 Å². The van der Waals surface area contributed by atoms with Gasteiger partial charge in [-0.3, -0.25) is 4.79 Å². The van der Waals surface area contributed by atoms with Crippen LogP contribution < -0.4 is 5.32 Å². The monoisotopic (exact) mass is 397 g/mol. The third kappa shape index (κ3) is 3.92. The molecule has 1 aromatic heterocycles. The van der Waals surface area contributed by atoms with Crippen LogP contribution in [0.5, 0.6) is 0 Å². The number of nitrogens with one attached hydrogen (secondary N) is 1. The Bertz CT molecular complexity index is 915. The van der Waals surface area contributed by atoms with E-state index in [0.717, 1.165) is 15.9 Å². The van der Waals surface area contributed by atoms with Crippen molar-refractivity contribution in [3.8, 4) is 0 Å². The Morgan fingerprint density at radius 3 is 2.62 bits per heavy atom. The number of benzene rings is 2. The molecule has 0 fully saturated rings. The lowest BCUT2D eigenvalue weighted by Crippen LogP contribution is -2.14. The van der Waals surface area contributed by atoms with E-state index in [1.165, 1.54) is 30.2 Å². The molecule has 1 N–H and O–H groups in total. The van der Waals surface area contributed by atoms with E-state index in [4.69, 9.17) is 34.8 Å². The van der Waals surface area contributed by atoms with E-state index in [1.54, 1.807) is 0 Å². The number of carbonyl (C=O) groups is 1. The van der Waals surface area contributed by atoms with Gasteiger partial charge in [0.2, 0.25) is 5.91 Å². The number of halogens is 3. The SMILES string of the molecule is O=C(CSc1ncnc2ccccc12)Nc1cc(Cl)c(Cl)cc1Cl. The summed E-state index contributed by atoms with van der Waals surface area (Å²) < 4.78 is 0. The zero-order valence-corrected chi connectivity index (χ0v) is 15.2. The van der Waals surface area contributed by atoms with Gasteiger partial charge in [0.15, 0.2) is 0 Å². The number of anilines is 1. The standard InChI is InChI=1S/C16H10Cl3N3OS/c17-10-5-12(19)14(6-11(10)18)22-15(23)7-24-16-9-3-1-2-4-13(9)20-8-21-16/h1-6,8H,7H2,(H,22,23). The molecule has 1 heterocycles. The van der Waals surface area contributed by atoms with Crippen LogP contribution in [-0.2, 0) is 4.79 Å². The normalized spacial score (nSPS) is 10.8. The zero-order chi connectivity index (χ0) is 17.1. The van der Waals surface area contributed by atoms with Crippen LogP contribution in [0.4, 0.5) is 5.69 Å². The highest BCUT2D eigenvalue weighted by Gasteiger charge is 2.11. The number of fused-ring (bicyclic) bond motifs is 1. The smallest absolute Gasteiger partial charge is 0.234 e. The van der Waals surface area contributed by atoms with Crippen LogP contribution >= 0.6 is 46.6 Å². The fraction of sp³-hybridized carbons (Fsp3) is 0.0625. The second-order valence-electron chi connectivity index (χ2n) is 4.78. The molecule has 3 rings (SSSR count). The summed E-state index contributed by atoms with van der Waals surface area (Å²) in [6, 6.07) is 10.6. The van der Waals surface area contributed by atoms with Gasteiger partial charge in [0.05, 0.1) is 32.0 Å². The van der Waals surface area contributed by atoms with Gasteiger partial charge in [0.25, 0.3) is 0 Å². The Morgan fingerprint density at radius 1 is 1.04 bits per heavy atom. The molecule has 24 heavy (non-hydrogen) atoms. The number of rotatable bonds is 4. The van der Waals surface area contributed by atoms with Crippen molar-refractivity contribution in [2.45, 2.75) is 5.03 Å². The third-order valence-electron chi connectivity index (χ3n) is 3.13. The van der Waals surface area contributed by atoms with Crippen molar-refractivity contribution in [2.75, 3.05) is 11.1 Å². The summed E-state index contributed by atoms with van der Waals surface area (Å²) in [6.07, 6.45) is 1.48. The van der Waals surface area contributed by atoms with E-state index in [9.17, 15) is 4.79 Å². The summed E-state index contributed by atoms with van der Waals surface area (Å²) in [5, 5.41) is 5.36. The Balaban J connectivity index is 1.71. The predicted molar refractivity (Wildman–Crippen MR) is 100 cm³/mol. The summed E-state index contributed by atoms with van der Waals surface area (Å²) in [5.74, 6) is -0.0413. The molecule has 122 valence electrons. The molecule has 0 saturated carbocycles. The van der Waals surface area contributed by atoms with Gasteiger partial charge in [-0.25, -0.2) is 9.97 Å². The molecule has 0 aliphatic carbocycles. The molecule has 0 bridgehead atoms. The van der Waals surface area contributed by atoms with E-state index >= 15 is 0 Å². The van der Waals surface area contributed by atoms with E-state index in [2.05, 4.69) is 15.3 Å². The van der Waals surface area contributed by atoms with Gasteiger partial charge in [0.1, 0.15) is 11.4 Å². The number of hydrogen-bond acceptors (Lipinski definition) is 4. The fourth-order valence-corrected chi connectivity index (χ4v) is 3.42. The van der Waals surface area contributed by atoms with Crippen molar-refractivity contribution in [1.82, 2.24) is 9.97 Å². The second-order valence-corrected chi connectivity index (χ2v) is 6.96. The number of nitrogens with zero attached hydrogens (tertiary/aromatic N) is 2. The molecule has 0 saturated heterocycles. The summed E-state index contributed by atoms with van der Waals surface area (Å²) in [6.45, 7) is 0. The number of aromatic nitrogens is 2. The highest BCUT2D eigenvalue weighted by molar-refractivity contribution is 8.00. The molecule has 0 aliphatic rings. The molecule has 0 spiro atoms. The van der Waals surface area contributed by atoms with Crippen LogP contribution in [0, 0.1) is 0 Å². The highest BCUT2D eigenvalue weighted by atomic mass is 35.5. The van der Waals surface area contributed by atoms with Gasteiger partial charge in [-0.2, -0.15) is 0 Å². The van der Waals surface area contributed by atoms with E-state index in [-0.39, 0.29) is 11.7 Å². The first-order valence-corrected chi connectivity index (χ1v) is 8.93. The van der Waals surface area contributed by atoms with Gasteiger partial charge in [-0.05, 0) is 18.2 Å². The predicted octanol–water partition coefficient (Wildman–Crippen LogP) is 5.32. The second kappa shape index (κ2) is 7.57. The molecular weight excluding hydrogens is 389 g/mol. The fourth-order valence-electron chi connectivity index (χ4n) is 2.03. The first kappa shape index (κ1) is 17.3. The topological polar surface area (TPSA) is 54.9 Å². The van der Waals surface area contributed by atoms with Crippen molar-refractivity contribution in [1.29, 1.82) is 0 Å². The maximum atomic E-state index is 12.2. The third-order valence-corrected chi connectivity index (χ3v) is 5.17. The first-order valence-electron chi connectivity index (χ1n) is 6.81. The van der Waals surface area contributed by atoms with E-state index in [0.29, 0.717) is 20.8 Å². The van der Waals surface area contributed by atoms with Crippen molar-refractivity contribution >= 4 is 69.1 Å². The van der Waals surface area contributed by atoms with Gasteiger partial charge in [-0.15, -0.1) is 0 Å². The highest BCUT2D eigenvalue weighted by Crippen LogP contribution is 2.32. The van der Waals surface area contributed by atoms with Crippen LogP contribution in [0.25, 0.3) is 10.9 Å². The first-order chi connectivity index (χ1) is 11.5. The van der Waals surface area contributed by atoms with Crippen LogP contribution in [-0.4, -0.2) is 21.6 Å². The zero-order valence-electron chi connectivity index (χ0n) is 12.1. The van der Waals surface area contributed by atoms with Crippen molar-refractivity contribution in [2.24, 2.45) is 0 Å². The lowest BCUT2D eigenvalue weighted by molar-refractivity contribution is -0.113. The quantitative estimate of drug-likeness (QED) is 0.367. The number of amides is 1. The van der Waals surface area contributed by atoms with E-state index < -0.39 is 0 Å². The lowest BCUT2D eigenvalue weighted by atomic mass is 10.2. The minimum atomic E-state index is -0.219. The minimum absolute atomic E-state index is 0.178. The molecule has 4 nitrogen and oxygen atoms in total. The van der Waals surface area contributed by atoms with Gasteiger partial charge >= 0.3 is 0 Å². The molecular formula is C16H10Cl3N3OS. The van der Waals surface area contributed by atoms with Crippen LogP contribution in [0.3, 0.4) is 0 Å². The van der Waals surface area contributed by atoms with Crippen LogP contribution in [0.1, 0.15) is 0 Å². The van der Waals surface area contributed by atoms with Gasteiger partial charge in [-0.1, -0.05) is 64.8 Å². The molecule has 0 atom stereocenters. The van der Waals surface area contributed by atoms with Crippen LogP contribution in [0.2, 0.25) is 15.1 Å². The summed E-state index contributed by atoms with van der Waals surface area (Å²) in [4.78, 5) is 20.6. The summed E-state index contributed by atoms with van der Waals surface area (Å²) >= 11 is 19.2. The molecule has 8 heteroatoms. The maximum Gasteiger partial charge on any atom is 0.234 e. The number of thioether (sulfide) groups is 1. The summed E-state index contributed by atoms with van der Waals surface area (Å²) in [7, 11) is 0. The molecule has 3 aromatic rings.